The van der Waals surface area contributed by atoms with E-state index >= 15 is 0 Å². The van der Waals surface area contributed by atoms with Crippen LogP contribution in [0.3, 0.4) is 0 Å². The van der Waals surface area contributed by atoms with Crippen molar-refractivity contribution >= 4 is 11.9 Å². The zero-order valence-electron chi connectivity index (χ0n) is 16.8. The molecule has 1 atom stereocenters. The molecule has 0 bridgehead atoms. The lowest BCUT2D eigenvalue weighted by molar-refractivity contribution is -0.186. The largest absolute Gasteiger partial charge is 0.425 e. The molecule has 0 N–H and O–H groups in total. The summed E-state index contributed by atoms with van der Waals surface area (Å²) in [5, 5.41) is 0. The Bertz CT molecular complexity index is 590. The summed E-state index contributed by atoms with van der Waals surface area (Å²) in [7, 11) is 0. The van der Waals surface area contributed by atoms with Gasteiger partial charge in [0.2, 0.25) is 6.29 Å². The Balaban J connectivity index is 0. The second-order valence-electron chi connectivity index (χ2n) is 5.99. The van der Waals surface area contributed by atoms with Gasteiger partial charge in [0.05, 0.1) is 5.92 Å². The predicted molar refractivity (Wildman–Crippen MR) is 118 cm³/mol. The minimum atomic E-state index is -0.855. The Hall–Kier alpha value is -2.62. The van der Waals surface area contributed by atoms with Crippen LogP contribution in [0.4, 0.5) is 0 Å². The first-order valence-corrected chi connectivity index (χ1v) is 9.35. The van der Waals surface area contributed by atoms with Gasteiger partial charge in [0.1, 0.15) is 0 Å². The summed E-state index contributed by atoms with van der Waals surface area (Å²) >= 11 is 0. The molecule has 0 rings (SSSR count). The fourth-order valence-corrected chi connectivity index (χ4v) is 1.67. The van der Waals surface area contributed by atoms with Crippen LogP contribution < -0.4 is 0 Å². The molecule has 0 spiro atoms. The van der Waals surface area contributed by atoms with Crippen LogP contribution in [0.2, 0.25) is 0 Å². The van der Waals surface area contributed by atoms with Crippen molar-refractivity contribution in [1.29, 1.82) is 0 Å². The van der Waals surface area contributed by atoms with Gasteiger partial charge in [-0.25, -0.2) is 0 Å². The molecule has 0 aliphatic heterocycles. The molecule has 1 unspecified atom stereocenters. The van der Waals surface area contributed by atoms with Crippen LogP contribution in [0.15, 0.2) is 72.9 Å². The molecule has 0 heterocycles. The minimum Gasteiger partial charge on any atom is -0.425 e. The highest BCUT2D eigenvalue weighted by molar-refractivity contribution is 5.72. The smallest absolute Gasteiger partial charge is 0.311 e. The monoisotopic (exact) mass is 388 g/mol. The normalized spacial score (nSPS) is 13.5. The molecule has 0 aromatic rings. The lowest BCUT2D eigenvalue weighted by Crippen LogP contribution is -2.24. The Labute approximate surface area is 171 Å². The maximum atomic E-state index is 11.6. The second-order valence-corrected chi connectivity index (χ2v) is 5.99. The number of hydrogen-bond donors (Lipinski definition) is 0. The first-order valence-electron chi connectivity index (χ1n) is 9.35. The van der Waals surface area contributed by atoms with E-state index in [0.29, 0.717) is 6.42 Å². The third-order valence-corrected chi connectivity index (χ3v) is 3.07. The molecule has 156 valence electrons. The van der Waals surface area contributed by atoms with E-state index in [9.17, 15) is 9.59 Å². The van der Waals surface area contributed by atoms with Gasteiger partial charge in [-0.05, 0) is 12.8 Å². The van der Waals surface area contributed by atoms with Crippen LogP contribution >= 0.6 is 0 Å². The summed E-state index contributed by atoms with van der Waals surface area (Å²) in [5.41, 5.74) is 0. The maximum Gasteiger partial charge on any atom is 0.311 e. The van der Waals surface area contributed by atoms with Gasteiger partial charge in [0.15, 0.2) is 0 Å². The molecule has 0 aliphatic rings. The number of esters is 2. The average Bonchev–Trinajstić information content (AvgIpc) is 2.61. The van der Waals surface area contributed by atoms with E-state index in [1.807, 2.05) is 66.8 Å². The van der Waals surface area contributed by atoms with Gasteiger partial charge in [-0.3, -0.25) is 9.59 Å². The van der Waals surface area contributed by atoms with E-state index in [2.05, 4.69) is 13.0 Å². The standard InChI is InChI=1S/C23H32O4.CH4/c1-5-6-7-8-9-10-11-12-13-14-15-16-17-18-19-22(24)26-21(4)27-23(25)20(2)3;/h6-17,20-21H,5,18-19H2,1-4H3;1H4/b7-6+,9-8+,11-10+,13-12+,15-14+,17-16?;. The molecule has 4 heteroatoms. The molecule has 0 fully saturated rings. The first kappa shape index (κ1) is 27.6. The highest BCUT2D eigenvalue weighted by atomic mass is 16.7. The van der Waals surface area contributed by atoms with Crippen molar-refractivity contribution in [1.82, 2.24) is 0 Å². The van der Waals surface area contributed by atoms with Crippen molar-refractivity contribution in [2.75, 3.05) is 0 Å². The first-order chi connectivity index (χ1) is 13.0. The molecular weight excluding hydrogens is 352 g/mol. The third-order valence-electron chi connectivity index (χ3n) is 3.07. The van der Waals surface area contributed by atoms with Gasteiger partial charge in [0, 0.05) is 13.3 Å². The number of rotatable bonds is 12. The molecule has 0 radical (unpaired) electrons. The summed E-state index contributed by atoms with van der Waals surface area (Å²) in [6, 6.07) is 0. The van der Waals surface area contributed by atoms with Crippen molar-refractivity contribution in [3.63, 3.8) is 0 Å². The van der Waals surface area contributed by atoms with Crippen molar-refractivity contribution in [3.05, 3.63) is 72.9 Å². The summed E-state index contributed by atoms with van der Waals surface area (Å²) in [5.74, 6) is -1.02. The fraction of sp³-hybridized carbons (Fsp3) is 0.417. The zero-order chi connectivity index (χ0) is 20.3. The molecule has 0 saturated heterocycles. The topological polar surface area (TPSA) is 52.6 Å². The van der Waals surface area contributed by atoms with Gasteiger partial charge in [-0.1, -0.05) is 101 Å². The van der Waals surface area contributed by atoms with E-state index in [1.165, 1.54) is 6.92 Å². The number of hydrogen-bond acceptors (Lipinski definition) is 4. The molecule has 28 heavy (non-hydrogen) atoms. The molecular formula is C24H36O4. The lowest BCUT2D eigenvalue weighted by Gasteiger charge is -2.15. The number of ether oxygens (including phenoxy) is 2. The van der Waals surface area contributed by atoms with Gasteiger partial charge in [-0.2, -0.15) is 0 Å². The van der Waals surface area contributed by atoms with Crippen molar-refractivity contribution < 1.29 is 19.1 Å². The van der Waals surface area contributed by atoms with Crippen molar-refractivity contribution in [2.45, 2.75) is 60.7 Å². The summed E-state index contributed by atoms with van der Waals surface area (Å²) in [6.07, 6.45) is 24.4. The summed E-state index contributed by atoms with van der Waals surface area (Å²) in [6.45, 7) is 7.09. The Morgan fingerprint density at radius 1 is 0.750 bits per heavy atom. The van der Waals surface area contributed by atoms with Gasteiger partial charge < -0.3 is 9.47 Å². The molecule has 4 nitrogen and oxygen atoms in total. The second kappa shape index (κ2) is 19.2. The zero-order valence-corrected chi connectivity index (χ0v) is 16.8. The van der Waals surface area contributed by atoms with Crippen LogP contribution in [0.25, 0.3) is 0 Å². The third kappa shape index (κ3) is 18.2. The Kier molecular flexibility index (Phi) is 18.9. The summed E-state index contributed by atoms with van der Waals surface area (Å²) in [4.78, 5) is 23.0. The van der Waals surface area contributed by atoms with E-state index in [0.717, 1.165) is 6.42 Å². The van der Waals surface area contributed by atoms with Crippen molar-refractivity contribution in [2.24, 2.45) is 5.92 Å². The van der Waals surface area contributed by atoms with E-state index < -0.39 is 6.29 Å². The average molecular weight is 389 g/mol. The number of carbonyl (C=O) groups is 2. The van der Waals surface area contributed by atoms with Gasteiger partial charge >= 0.3 is 11.9 Å². The number of carbonyl (C=O) groups excluding carboxylic acids is 2. The SMILES string of the molecule is C.CC/C=C/C=C/C=C/C=C/C=C/C=CCCC(=O)OC(C)OC(=O)C(C)C. The summed E-state index contributed by atoms with van der Waals surface area (Å²) < 4.78 is 10.00. The van der Waals surface area contributed by atoms with E-state index in [4.69, 9.17) is 9.47 Å². The van der Waals surface area contributed by atoms with E-state index in [-0.39, 0.29) is 31.7 Å². The molecule has 0 saturated carbocycles. The Morgan fingerprint density at radius 2 is 1.21 bits per heavy atom. The highest BCUT2D eigenvalue weighted by Gasteiger charge is 2.15. The van der Waals surface area contributed by atoms with Gasteiger partial charge in [0.25, 0.3) is 0 Å². The lowest BCUT2D eigenvalue weighted by atomic mass is 10.2. The maximum absolute atomic E-state index is 11.6. The molecule has 0 aromatic heterocycles. The predicted octanol–water partition coefficient (Wildman–Crippen LogP) is 6.24. The van der Waals surface area contributed by atoms with Crippen LogP contribution in [-0.2, 0) is 19.1 Å². The minimum absolute atomic E-state index is 0. The Morgan fingerprint density at radius 3 is 1.68 bits per heavy atom. The fourth-order valence-electron chi connectivity index (χ4n) is 1.67. The highest BCUT2D eigenvalue weighted by Crippen LogP contribution is 2.04. The van der Waals surface area contributed by atoms with Crippen LogP contribution in [0.5, 0.6) is 0 Å². The molecule has 0 amide bonds. The number of allylic oxidation sites excluding steroid dienone is 12. The van der Waals surface area contributed by atoms with Crippen molar-refractivity contribution in [3.8, 4) is 0 Å². The van der Waals surface area contributed by atoms with Gasteiger partial charge in [-0.15, -0.1) is 0 Å². The van der Waals surface area contributed by atoms with E-state index in [1.54, 1.807) is 13.8 Å². The molecule has 0 aliphatic carbocycles. The molecule has 0 aromatic carbocycles. The van der Waals surface area contributed by atoms with Crippen LogP contribution in [0, 0.1) is 5.92 Å². The van der Waals surface area contributed by atoms with Crippen LogP contribution in [-0.4, -0.2) is 18.2 Å². The van der Waals surface area contributed by atoms with Crippen LogP contribution in [0.1, 0.15) is 54.4 Å². The quantitative estimate of drug-likeness (QED) is 0.226.